The number of hydrogen-bond acceptors (Lipinski definition) is 7. The summed E-state index contributed by atoms with van der Waals surface area (Å²) in [6.07, 6.45) is -3.44. The van der Waals surface area contributed by atoms with E-state index in [1.807, 2.05) is 0 Å². The van der Waals surface area contributed by atoms with Crippen LogP contribution in [0.25, 0.3) is 0 Å². The molecule has 1 aliphatic rings. The number of carbonyl (C=O) groups is 1. The van der Waals surface area contributed by atoms with E-state index >= 15 is 0 Å². The van der Waals surface area contributed by atoms with Crippen LogP contribution in [0.15, 0.2) is 42.7 Å². The van der Waals surface area contributed by atoms with Gasteiger partial charge in [0.25, 0.3) is 11.8 Å². The smallest absolute Gasteiger partial charge is 0.416 e. The number of nitrogens with one attached hydrogen (secondary N) is 2. The monoisotopic (exact) mass is 463 g/mol. The van der Waals surface area contributed by atoms with Crippen LogP contribution in [0.3, 0.4) is 0 Å². The van der Waals surface area contributed by atoms with Crippen molar-refractivity contribution in [1.82, 2.24) is 9.97 Å². The van der Waals surface area contributed by atoms with Gasteiger partial charge in [-0.2, -0.15) is 18.2 Å². The third-order valence-corrected chi connectivity index (χ3v) is 4.71. The molecule has 1 aliphatic heterocycles. The Balaban J connectivity index is 1.58. The summed E-state index contributed by atoms with van der Waals surface area (Å²) in [4.78, 5) is 20.6. The predicted octanol–water partition coefficient (Wildman–Crippen LogP) is 3.94. The molecule has 0 saturated carbocycles. The highest BCUT2D eigenvalue weighted by molar-refractivity contribution is 6.04. The number of amides is 1. The molecule has 2 aromatic carbocycles. The maximum absolute atomic E-state index is 14.4. The number of carbonyl (C=O) groups excluding carboxylic acids is 1. The first-order valence-electron chi connectivity index (χ1n) is 9.67. The molecule has 0 spiro atoms. The molecule has 0 radical (unpaired) electrons. The molecule has 33 heavy (non-hydrogen) atoms. The molecule has 0 atom stereocenters. The molecule has 0 saturated heterocycles. The number of nitrogens with zero attached hydrogens (tertiary/aromatic N) is 2. The van der Waals surface area contributed by atoms with Crippen LogP contribution >= 0.6 is 0 Å². The number of nitrogens with two attached hydrogens (primary N) is 1. The number of halogens is 4. The highest BCUT2D eigenvalue weighted by Gasteiger charge is 2.33. The van der Waals surface area contributed by atoms with Crippen molar-refractivity contribution in [3.63, 3.8) is 0 Å². The molecule has 1 amide bonds. The van der Waals surface area contributed by atoms with E-state index in [-0.39, 0.29) is 40.7 Å². The first-order valence-corrected chi connectivity index (χ1v) is 9.67. The van der Waals surface area contributed by atoms with E-state index in [4.69, 9.17) is 15.2 Å². The van der Waals surface area contributed by atoms with Gasteiger partial charge in [-0.3, -0.25) is 4.79 Å². The maximum Gasteiger partial charge on any atom is 0.416 e. The Morgan fingerprint density at radius 2 is 2.03 bits per heavy atom. The van der Waals surface area contributed by atoms with Crippen LogP contribution in [0.5, 0.6) is 17.4 Å². The molecular formula is C21H17F4N5O3. The second-order valence-corrected chi connectivity index (χ2v) is 6.91. The number of fused-ring (bicyclic) bond motifs is 1. The van der Waals surface area contributed by atoms with Crippen molar-refractivity contribution >= 4 is 17.4 Å². The minimum absolute atomic E-state index is 0.0511. The average Bonchev–Trinajstić information content (AvgIpc) is 2.80. The van der Waals surface area contributed by atoms with Crippen molar-refractivity contribution in [3.05, 3.63) is 65.2 Å². The fourth-order valence-corrected chi connectivity index (χ4v) is 3.14. The van der Waals surface area contributed by atoms with Gasteiger partial charge >= 0.3 is 6.18 Å². The van der Waals surface area contributed by atoms with Crippen molar-refractivity contribution in [2.45, 2.75) is 12.7 Å². The Bertz CT molecular complexity index is 1200. The summed E-state index contributed by atoms with van der Waals surface area (Å²) in [5.74, 6) is -1.37. The fourth-order valence-electron chi connectivity index (χ4n) is 3.14. The first kappa shape index (κ1) is 22.3. The first-order chi connectivity index (χ1) is 15.8. The number of benzene rings is 2. The molecule has 2 heterocycles. The zero-order valence-corrected chi connectivity index (χ0v) is 16.9. The summed E-state index contributed by atoms with van der Waals surface area (Å²) in [5.41, 5.74) is 4.16. The van der Waals surface area contributed by atoms with Gasteiger partial charge in [0.1, 0.15) is 12.9 Å². The number of rotatable bonds is 5. The molecule has 172 valence electrons. The summed E-state index contributed by atoms with van der Waals surface area (Å²) in [6, 6.07) is 6.55. The zero-order chi connectivity index (χ0) is 23.6. The molecule has 0 fully saturated rings. The van der Waals surface area contributed by atoms with E-state index in [1.165, 1.54) is 24.5 Å². The van der Waals surface area contributed by atoms with Crippen molar-refractivity contribution in [2.75, 3.05) is 23.8 Å². The van der Waals surface area contributed by atoms with Gasteiger partial charge < -0.3 is 25.8 Å². The zero-order valence-electron chi connectivity index (χ0n) is 16.9. The Labute approximate surface area is 184 Å². The Hall–Kier alpha value is -3.93. The number of alkyl halides is 3. The van der Waals surface area contributed by atoms with Crippen molar-refractivity contribution in [1.29, 1.82) is 0 Å². The van der Waals surface area contributed by atoms with E-state index in [9.17, 15) is 22.4 Å². The summed E-state index contributed by atoms with van der Waals surface area (Å²) in [6.45, 7) is 0.536. The molecule has 12 heteroatoms. The number of ether oxygens (including phenoxy) is 2. The topological polar surface area (TPSA) is 111 Å². The van der Waals surface area contributed by atoms with Crippen LogP contribution < -0.4 is 25.8 Å². The Morgan fingerprint density at radius 3 is 2.79 bits per heavy atom. The van der Waals surface area contributed by atoms with Crippen LogP contribution in [0.1, 0.15) is 21.5 Å². The highest BCUT2D eigenvalue weighted by atomic mass is 19.4. The van der Waals surface area contributed by atoms with Gasteiger partial charge in [-0.1, -0.05) is 6.07 Å². The van der Waals surface area contributed by atoms with Gasteiger partial charge in [0, 0.05) is 17.8 Å². The highest BCUT2D eigenvalue weighted by Crippen LogP contribution is 2.37. The molecule has 0 bridgehead atoms. The van der Waals surface area contributed by atoms with Gasteiger partial charge in [-0.25, -0.2) is 9.37 Å². The third kappa shape index (κ3) is 4.80. The quantitative estimate of drug-likeness (QED) is 0.492. The summed E-state index contributed by atoms with van der Waals surface area (Å²) >= 11 is 0. The normalized spacial score (nSPS) is 12.9. The molecule has 4 N–H and O–H groups in total. The third-order valence-electron chi connectivity index (χ3n) is 4.71. The molecular weight excluding hydrogens is 446 g/mol. The van der Waals surface area contributed by atoms with Gasteiger partial charge in [0.15, 0.2) is 17.4 Å². The van der Waals surface area contributed by atoms with E-state index in [2.05, 4.69) is 20.6 Å². The lowest BCUT2D eigenvalue weighted by Crippen LogP contribution is -2.20. The van der Waals surface area contributed by atoms with Crippen LogP contribution in [0, 0.1) is 5.82 Å². The lowest BCUT2D eigenvalue weighted by Gasteiger charge is -2.19. The minimum atomic E-state index is -4.64. The van der Waals surface area contributed by atoms with Gasteiger partial charge in [0.05, 0.1) is 12.1 Å². The van der Waals surface area contributed by atoms with Crippen LogP contribution in [-0.2, 0) is 12.7 Å². The van der Waals surface area contributed by atoms with Gasteiger partial charge in [-0.05, 0) is 35.9 Å². The molecule has 4 rings (SSSR count). The molecule has 8 nitrogen and oxygen atoms in total. The number of hydrogen-bond donors (Lipinski definition) is 3. The van der Waals surface area contributed by atoms with Crippen LogP contribution in [0.2, 0.25) is 0 Å². The largest absolute Gasteiger partial charge is 0.483 e. The Kier molecular flexibility index (Phi) is 6.01. The molecule has 0 unspecified atom stereocenters. The summed E-state index contributed by atoms with van der Waals surface area (Å²) in [7, 11) is 0. The SMILES string of the molecule is NCc1ccc(NC(=O)c2ccc(F)c(Oc3ncnc4c3OCCN4)c2)cc1C(F)(F)F. The van der Waals surface area contributed by atoms with Crippen molar-refractivity contribution in [2.24, 2.45) is 5.73 Å². The van der Waals surface area contributed by atoms with Gasteiger partial charge in [0.2, 0.25) is 5.75 Å². The Morgan fingerprint density at radius 1 is 1.21 bits per heavy atom. The molecule has 3 aromatic rings. The predicted molar refractivity (Wildman–Crippen MR) is 110 cm³/mol. The van der Waals surface area contributed by atoms with Crippen LogP contribution in [0.4, 0.5) is 29.1 Å². The van der Waals surface area contributed by atoms with E-state index in [1.54, 1.807) is 0 Å². The minimum Gasteiger partial charge on any atom is -0.483 e. The molecule has 1 aromatic heterocycles. The number of anilines is 2. The van der Waals surface area contributed by atoms with Crippen molar-refractivity contribution < 1.29 is 31.8 Å². The van der Waals surface area contributed by atoms with E-state index in [0.29, 0.717) is 19.0 Å². The maximum atomic E-state index is 14.4. The lowest BCUT2D eigenvalue weighted by molar-refractivity contribution is -0.138. The second kappa shape index (κ2) is 8.90. The van der Waals surface area contributed by atoms with E-state index < -0.39 is 23.5 Å². The second-order valence-electron chi connectivity index (χ2n) is 6.91. The van der Waals surface area contributed by atoms with E-state index in [0.717, 1.165) is 18.2 Å². The lowest BCUT2D eigenvalue weighted by atomic mass is 10.1. The molecule has 0 aliphatic carbocycles. The number of aromatic nitrogens is 2. The summed E-state index contributed by atoms with van der Waals surface area (Å²) in [5, 5.41) is 5.35. The fraction of sp³-hybridized carbons (Fsp3) is 0.190. The van der Waals surface area contributed by atoms with Crippen molar-refractivity contribution in [3.8, 4) is 17.4 Å². The standard InChI is InChI=1S/C21H17F4N5O3/c22-15-4-2-11(7-16(15)33-20-17-18(28-10-29-20)27-5-6-32-17)19(31)30-13-3-1-12(9-26)14(8-13)21(23,24)25/h1-4,7-8,10H,5-6,9,26H2,(H,30,31)(H,27,28,29). The van der Waals surface area contributed by atoms with Crippen LogP contribution in [-0.4, -0.2) is 29.0 Å². The average molecular weight is 463 g/mol. The summed E-state index contributed by atoms with van der Waals surface area (Å²) < 4.78 is 65.1. The van der Waals surface area contributed by atoms with Gasteiger partial charge in [-0.15, -0.1) is 0 Å².